The summed E-state index contributed by atoms with van der Waals surface area (Å²) in [5.74, 6) is 1.63. The molecule has 19 heavy (non-hydrogen) atoms. The lowest BCUT2D eigenvalue weighted by atomic mass is 9.73. The molecule has 0 aliphatic carbocycles. The smallest absolute Gasteiger partial charge is 0.161 e. The minimum atomic E-state index is -0.123. The van der Waals surface area contributed by atoms with Gasteiger partial charge in [0.2, 0.25) is 0 Å². The molecule has 0 spiro atoms. The third-order valence-electron chi connectivity index (χ3n) is 4.40. The Morgan fingerprint density at radius 2 is 1.84 bits per heavy atom. The number of ether oxygens (including phenoxy) is 2. The van der Waals surface area contributed by atoms with Gasteiger partial charge in [-0.1, -0.05) is 6.07 Å². The third-order valence-corrected chi connectivity index (χ3v) is 4.40. The second-order valence-corrected chi connectivity index (χ2v) is 5.60. The SMILES string of the molecule is CN1CCC(CO)(c2ccc3c(c2)OCCO3)CC1. The summed E-state index contributed by atoms with van der Waals surface area (Å²) in [7, 11) is 2.13. The lowest BCUT2D eigenvalue weighted by molar-refractivity contribution is 0.113. The number of nitrogens with zero attached hydrogens (tertiary/aromatic N) is 1. The van der Waals surface area contributed by atoms with Crippen LogP contribution >= 0.6 is 0 Å². The summed E-state index contributed by atoms with van der Waals surface area (Å²) < 4.78 is 11.2. The maximum atomic E-state index is 9.89. The van der Waals surface area contributed by atoms with Crippen LogP contribution in [0.25, 0.3) is 0 Å². The van der Waals surface area contributed by atoms with E-state index in [1.807, 2.05) is 6.07 Å². The van der Waals surface area contributed by atoms with Crippen molar-refractivity contribution in [2.45, 2.75) is 18.3 Å². The molecule has 0 radical (unpaired) electrons. The standard InChI is InChI=1S/C15H21NO3/c1-16-6-4-15(11-17,5-7-16)12-2-3-13-14(10-12)19-9-8-18-13/h2-3,10,17H,4-9,11H2,1H3. The molecule has 1 aromatic carbocycles. The molecule has 0 bridgehead atoms. The molecule has 1 N–H and O–H groups in total. The first-order chi connectivity index (χ1) is 9.23. The van der Waals surface area contributed by atoms with Crippen molar-refractivity contribution in [3.63, 3.8) is 0 Å². The fourth-order valence-electron chi connectivity index (χ4n) is 2.96. The van der Waals surface area contributed by atoms with E-state index in [2.05, 4.69) is 24.1 Å². The molecular formula is C15H21NO3. The van der Waals surface area contributed by atoms with Crippen LogP contribution in [-0.2, 0) is 5.41 Å². The van der Waals surface area contributed by atoms with Gasteiger partial charge in [-0.05, 0) is 50.7 Å². The van der Waals surface area contributed by atoms with Crippen LogP contribution in [0, 0.1) is 0 Å². The largest absolute Gasteiger partial charge is 0.486 e. The highest BCUT2D eigenvalue weighted by Gasteiger charge is 2.35. The van der Waals surface area contributed by atoms with Crippen molar-refractivity contribution in [3.8, 4) is 11.5 Å². The zero-order valence-corrected chi connectivity index (χ0v) is 11.4. The van der Waals surface area contributed by atoms with Gasteiger partial charge in [-0.3, -0.25) is 0 Å². The molecule has 104 valence electrons. The first-order valence-electron chi connectivity index (χ1n) is 6.93. The molecule has 1 aromatic rings. The van der Waals surface area contributed by atoms with E-state index in [-0.39, 0.29) is 12.0 Å². The number of fused-ring (bicyclic) bond motifs is 1. The first-order valence-corrected chi connectivity index (χ1v) is 6.93. The Bertz CT molecular complexity index is 453. The molecule has 0 aromatic heterocycles. The average molecular weight is 263 g/mol. The number of piperidine rings is 1. The summed E-state index contributed by atoms with van der Waals surface area (Å²) in [5.41, 5.74) is 1.05. The molecule has 4 nitrogen and oxygen atoms in total. The predicted octanol–water partition coefficient (Wildman–Crippen LogP) is 1.41. The van der Waals surface area contributed by atoms with Crippen LogP contribution in [0.4, 0.5) is 0 Å². The topological polar surface area (TPSA) is 41.9 Å². The lowest BCUT2D eigenvalue weighted by Crippen LogP contribution is -2.43. The van der Waals surface area contributed by atoms with Crippen LogP contribution in [0.1, 0.15) is 18.4 Å². The van der Waals surface area contributed by atoms with Gasteiger partial charge in [0.1, 0.15) is 13.2 Å². The second kappa shape index (κ2) is 5.02. The van der Waals surface area contributed by atoms with Crippen molar-refractivity contribution < 1.29 is 14.6 Å². The van der Waals surface area contributed by atoms with Crippen molar-refractivity contribution >= 4 is 0 Å². The highest BCUT2D eigenvalue weighted by Crippen LogP contribution is 2.39. The Balaban J connectivity index is 1.91. The molecule has 2 aliphatic rings. The van der Waals surface area contributed by atoms with Crippen molar-refractivity contribution in [1.29, 1.82) is 0 Å². The van der Waals surface area contributed by atoms with Crippen molar-refractivity contribution in [3.05, 3.63) is 23.8 Å². The summed E-state index contributed by atoms with van der Waals surface area (Å²) in [5, 5.41) is 9.89. The highest BCUT2D eigenvalue weighted by atomic mass is 16.6. The Kier molecular flexibility index (Phi) is 3.37. The minimum absolute atomic E-state index is 0.123. The Hall–Kier alpha value is -1.26. The van der Waals surface area contributed by atoms with Crippen molar-refractivity contribution in [2.24, 2.45) is 0 Å². The number of rotatable bonds is 2. The molecule has 1 saturated heterocycles. The number of likely N-dealkylation sites (tertiary alicyclic amines) is 1. The molecular weight excluding hydrogens is 242 g/mol. The van der Waals surface area contributed by atoms with Crippen molar-refractivity contribution in [1.82, 2.24) is 4.90 Å². The van der Waals surface area contributed by atoms with Gasteiger partial charge in [0.05, 0.1) is 6.61 Å². The molecule has 0 amide bonds. The minimum Gasteiger partial charge on any atom is -0.486 e. The first kappa shape index (κ1) is 12.8. The maximum absolute atomic E-state index is 9.89. The molecule has 1 fully saturated rings. The van der Waals surface area contributed by atoms with E-state index in [0.717, 1.165) is 37.4 Å². The summed E-state index contributed by atoms with van der Waals surface area (Å²) in [6, 6.07) is 6.10. The van der Waals surface area contributed by atoms with E-state index in [0.29, 0.717) is 13.2 Å². The Morgan fingerprint density at radius 1 is 1.16 bits per heavy atom. The number of benzene rings is 1. The van der Waals surface area contributed by atoms with Gasteiger partial charge < -0.3 is 19.5 Å². The molecule has 2 heterocycles. The van der Waals surface area contributed by atoms with Gasteiger partial charge >= 0.3 is 0 Å². The number of aliphatic hydroxyl groups excluding tert-OH is 1. The van der Waals surface area contributed by atoms with Crippen LogP contribution < -0.4 is 9.47 Å². The molecule has 2 aliphatic heterocycles. The van der Waals surface area contributed by atoms with Gasteiger partial charge in [0.25, 0.3) is 0 Å². The summed E-state index contributed by atoms with van der Waals surface area (Å²) in [4.78, 5) is 2.31. The van der Waals surface area contributed by atoms with E-state index in [4.69, 9.17) is 9.47 Å². The van der Waals surface area contributed by atoms with Gasteiger partial charge in [0.15, 0.2) is 11.5 Å². The number of aliphatic hydroxyl groups is 1. The fourth-order valence-corrected chi connectivity index (χ4v) is 2.96. The van der Waals surface area contributed by atoms with Crippen molar-refractivity contribution in [2.75, 3.05) is 40.0 Å². The van der Waals surface area contributed by atoms with Crippen LogP contribution in [0.5, 0.6) is 11.5 Å². The molecule has 4 heteroatoms. The van der Waals surface area contributed by atoms with E-state index in [9.17, 15) is 5.11 Å². The second-order valence-electron chi connectivity index (χ2n) is 5.60. The normalized spacial score (nSPS) is 22.2. The van der Waals surface area contributed by atoms with Gasteiger partial charge in [-0.25, -0.2) is 0 Å². The predicted molar refractivity (Wildman–Crippen MR) is 72.9 cm³/mol. The van der Waals surface area contributed by atoms with E-state index in [1.54, 1.807) is 0 Å². The molecule has 3 rings (SSSR count). The van der Waals surface area contributed by atoms with E-state index < -0.39 is 0 Å². The average Bonchev–Trinajstić information content (AvgIpc) is 2.48. The maximum Gasteiger partial charge on any atom is 0.161 e. The van der Waals surface area contributed by atoms with E-state index in [1.165, 1.54) is 5.56 Å². The lowest BCUT2D eigenvalue weighted by Gasteiger charge is -2.40. The van der Waals surface area contributed by atoms with Crippen LogP contribution in [0.2, 0.25) is 0 Å². The van der Waals surface area contributed by atoms with Gasteiger partial charge in [0, 0.05) is 5.41 Å². The zero-order valence-electron chi connectivity index (χ0n) is 11.4. The summed E-state index contributed by atoms with van der Waals surface area (Å²) in [6.07, 6.45) is 1.97. The molecule has 0 atom stereocenters. The Labute approximate surface area is 113 Å². The number of hydrogen-bond donors (Lipinski definition) is 1. The Morgan fingerprint density at radius 3 is 2.53 bits per heavy atom. The van der Waals surface area contributed by atoms with Gasteiger partial charge in [-0.15, -0.1) is 0 Å². The fraction of sp³-hybridized carbons (Fsp3) is 0.600. The van der Waals surface area contributed by atoms with E-state index >= 15 is 0 Å². The third kappa shape index (κ3) is 2.30. The molecule has 0 saturated carbocycles. The number of hydrogen-bond acceptors (Lipinski definition) is 4. The highest BCUT2D eigenvalue weighted by molar-refractivity contribution is 5.46. The monoisotopic (exact) mass is 263 g/mol. The van der Waals surface area contributed by atoms with Crippen LogP contribution in [0.15, 0.2) is 18.2 Å². The zero-order chi connectivity index (χ0) is 13.3. The molecule has 0 unspecified atom stereocenters. The summed E-state index contributed by atoms with van der Waals surface area (Å²) >= 11 is 0. The quantitative estimate of drug-likeness (QED) is 0.876. The summed E-state index contributed by atoms with van der Waals surface area (Å²) in [6.45, 7) is 3.46. The van der Waals surface area contributed by atoms with Crippen LogP contribution in [0.3, 0.4) is 0 Å². The van der Waals surface area contributed by atoms with Gasteiger partial charge in [-0.2, -0.15) is 0 Å². The van der Waals surface area contributed by atoms with Crippen LogP contribution in [-0.4, -0.2) is 50.0 Å².